The number of carbonyl (C=O) groups excluding carboxylic acids is 2. The number of rotatable bonds is 8. The molecular weight excluding hydrogens is 498 g/mol. The molecule has 0 saturated carbocycles. The molecule has 0 aliphatic heterocycles. The minimum atomic E-state index is -0.380. The molecule has 3 aromatic rings. The molecule has 3 rings (SSSR count). The maximum absolute atomic E-state index is 12.2. The highest BCUT2D eigenvalue weighted by Gasteiger charge is 2.08. The highest BCUT2D eigenvalue weighted by Crippen LogP contribution is 2.22. The van der Waals surface area contributed by atoms with Crippen LogP contribution in [0.5, 0.6) is 11.5 Å². The second-order valence-electron chi connectivity index (χ2n) is 6.45. The Labute approximate surface area is 198 Å². The fourth-order valence-electron chi connectivity index (χ4n) is 2.59. The van der Waals surface area contributed by atoms with Gasteiger partial charge in [0.25, 0.3) is 11.8 Å². The van der Waals surface area contributed by atoms with E-state index in [1.807, 2.05) is 0 Å². The Bertz CT molecular complexity index is 1120. The van der Waals surface area contributed by atoms with Gasteiger partial charge in [-0.25, -0.2) is 5.43 Å². The monoisotopic (exact) mass is 515 g/mol. The van der Waals surface area contributed by atoms with Crippen LogP contribution in [0.25, 0.3) is 0 Å². The molecule has 0 radical (unpaired) electrons. The molecule has 0 saturated heterocycles. The summed E-state index contributed by atoms with van der Waals surface area (Å²) in [6.07, 6.45) is 1.44. The van der Waals surface area contributed by atoms with Gasteiger partial charge >= 0.3 is 0 Å². The van der Waals surface area contributed by atoms with E-state index < -0.39 is 0 Å². The first kappa shape index (κ1) is 23.3. The zero-order valence-electron chi connectivity index (χ0n) is 17.0. The molecule has 0 aromatic heterocycles. The molecule has 0 aliphatic carbocycles. The summed E-state index contributed by atoms with van der Waals surface area (Å²) >= 11 is 9.22. The third-order valence-electron chi connectivity index (χ3n) is 4.18. The van der Waals surface area contributed by atoms with Crippen LogP contribution < -0.4 is 20.2 Å². The number of amides is 2. The fourth-order valence-corrected chi connectivity index (χ4v) is 3.10. The third-order valence-corrected chi connectivity index (χ3v) is 4.93. The Morgan fingerprint density at radius 3 is 2.47 bits per heavy atom. The number of nitrogens with zero attached hydrogens (tertiary/aromatic N) is 1. The molecule has 9 heteroatoms. The van der Waals surface area contributed by atoms with Gasteiger partial charge in [0.1, 0.15) is 11.5 Å². The van der Waals surface area contributed by atoms with Crippen LogP contribution in [0.4, 0.5) is 5.69 Å². The molecule has 0 heterocycles. The van der Waals surface area contributed by atoms with Crippen LogP contribution >= 0.6 is 27.5 Å². The Morgan fingerprint density at radius 2 is 1.78 bits per heavy atom. The van der Waals surface area contributed by atoms with Crippen LogP contribution in [0.1, 0.15) is 15.9 Å². The number of hydrogen-bond acceptors (Lipinski definition) is 5. The van der Waals surface area contributed by atoms with E-state index in [9.17, 15) is 9.59 Å². The highest BCUT2D eigenvalue weighted by molar-refractivity contribution is 9.10. The Kier molecular flexibility index (Phi) is 8.24. The van der Waals surface area contributed by atoms with Crippen molar-refractivity contribution in [3.05, 3.63) is 87.4 Å². The molecule has 0 unspecified atom stereocenters. The lowest BCUT2D eigenvalue weighted by molar-refractivity contribution is -0.118. The van der Waals surface area contributed by atoms with Gasteiger partial charge in [0.05, 0.1) is 13.3 Å². The summed E-state index contributed by atoms with van der Waals surface area (Å²) < 4.78 is 11.5. The van der Waals surface area contributed by atoms with Gasteiger partial charge < -0.3 is 14.8 Å². The summed E-state index contributed by atoms with van der Waals surface area (Å²) in [7, 11) is 1.57. The second kappa shape index (κ2) is 11.3. The summed E-state index contributed by atoms with van der Waals surface area (Å²) in [5, 5.41) is 7.27. The first-order valence-electron chi connectivity index (χ1n) is 9.40. The van der Waals surface area contributed by atoms with Crippen LogP contribution in [0.15, 0.2) is 76.3 Å². The summed E-state index contributed by atoms with van der Waals surface area (Å²) in [4.78, 5) is 24.4. The van der Waals surface area contributed by atoms with Crippen molar-refractivity contribution in [2.45, 2.75) is 0 Å². The van der Waals surface area contributed by atoms with Gasteiger partial charge in [-0.2, -0.15) is 5.10 Å². The van der Waals surface area contributed by atoms with E-state index in [2.05, 4.69) is 31.8 Å². The predicted octanol–water partition coefficient (Wildman–Crippen LogP) is 4.89. The summed E-state index contributed by atoms with van der Waals surface area (Å²) in [5.41, 5.74) is 4.07. The first-order chi connectivity index (χ1) is 15.4. The molecule has 32 heavy (non-hydrogen) atoms. The van der Waals surface area contributed by atoms with E-state index in [1.54, 1.807) is 73.8 Å². The van der Waals surface area contributed by atoms with Crippen molar-refractivity contribution in [3.8, 4) is 11.5 Å². The lowest BCUT2D eigenvalue weighted by atomic mass is 10.2. The van der Waals surface area contributed by atoms with E-state index in [-0.39, 0.29) is 18.4 Å². The fraction of sp³-hybridized carbons (Fsp3) is 0.0870. The van der Waals surface area contributed by atoms with Crippen molar-refractivity contribution in [1.82, 2.24) is 5.43 Å². The van der Waals surface area contributed by atoms with Crippen molar-refractivity contribution in [1.29, 1.82) is 0 Å². The number of carbonyl (C=O) groups is 2. The number of nitrogens with one attached hydrogen (secondary N) is 2. The topological polar surface area (TPSA) is 89.0 Å². The van der Waals surface area contributed by atoms with Crippen LogP contribution in [0, 0.1) is 0 Å². The molecule has 7 nitrogen and oxygen atoms in total. The van der Waals surface area contributed by atoms with E-state index in [4.69, 9.17) is 21.1 Å². The molecule has 2 amide bonds. The van der Waals surface area contributed by atoms with Crippen LogP contribution in [-0.2, 0) is 4.79 Å². The Morgan fingerprint density at radius 1 is 1.06 bits per heavy atom. The van der Waals surface area contributed by atoms with Crippen molar-refractivity contribution in [2.75, 3.05) is 19.0 Å². The SMILES string of the molecule is COc1ccc(NC(=O)COc2ccc(Br)cc2/C=N/NC(=O)c2ccc(Cl)cc2)cc1. The summed E-state index contributed by atoms with van der Waals surface area (Å²) in [6.45, 7) is -0.203. The normalized spacial score (nSPS) is 10.6. The zero-order valence-corrected chi connectivity index (χ0v) is 19.3. The number of methoxy groups -OCH3 is 1. The number of hydrazone groups is 1. The smallest absolute Gasteiger partial charge is 0.271 e. The molecule has 0 spiro atoms. The van der Waals surface area contributed by atoms with Crippen molar-refractivity contribution in [2.24, 2.45) is 5.10 Å². The van der Waals surface area contributed by atoms with E-state index in [0.29, 0.717) is 33.3 Å². The number of hydrogen-bond donors (Lipinski definition) is 2. The van der Waals surface area contributed by atoms with Gasteiger partial charge in [-0.3, -0.25) is 9.59 Å². The lowest BCUT2D eigenvalue weighted by Gasteiger charge is -2.10. The molecule has 2 N–H and O–H groups in total. The van der Waals surface area contributed by atoms with Gasteiger partial charge in [0.2, 0.25) is 0 Å². The molecular formula is C23H19BrClN3O4. The first-order valence-corrected chi connectivity index (χ1v) is 10.6. The van der Waals surface area contributed by atoms with E-state index >= 15 is 0 Å². The molecule has 164 valence electrons. The summed E-state index contributed by atoms with van der Waals surface area (Å²) in [5.74, 6) is 0.426. The van der Waals surface area contributed by atoms with E-state index in [1.165, 1.54) is 6.21 Å². The second-order valence-corrected chi connectivity index (χ2v) is 7.81. The zero-order chi connectivity index (χ0) is 22.9. The van der Waals surface area contributed by atoms with Gasteiger partial charge in [-0.05, 0) is 66.7 Å². The molecule has 0 aliphatic rings. The lowest BCUT2D eigenvalue weighted by Crippen LogP contribution is -2.20. The van der Waals surface area contributed by atoms with Crippen LogP contribution in [0.3, 0.4) is 0 Å². The van der Waals surface area contributed by atoms with Gasteiger partial charge in [0.15, 0.2) is 6.61 Å². The summed E-state index contributed by atoms with van der Waals surface area (Å²) in [6, 6.07) is 18.6. The maximum atomic E-state index is 12.2. The minimum absolute atomic E-state index is 0.203. The third kappa shape index (κ3) is 6.83. The number of benzene rings is 3. The molecule has 0 atom stereocenters. The maximum Gasteiger partial charge on any atom is 0.271 e. The van der Waals surface area contributed by atoms with Crippen molar-refractivity contribution >= 4 is 51.2 Å². The Hall–Kier alpha value is -3.36. The highest BCUT2D eigenvalue weighted by atomic mass is 79.9. The van der Waals surface area contributed by atoms with E-state index in [0.717, 1.165) is 4.47 Å². The van der Waals surface area contributed by atoms with Gasteiger partial charge in [0, 0.05) is 26.3 Å². The van der Waals surface area contributed by atoms with Gasteiger partial charge in [-0.15, -0.1) is 0 Å². The quantitative estimate of drug-likeness (QED) is 0.329. The Balaban J connectivity index is 1.60. The minimum Gasteiger partial charge on any atom is -0.497 e. The van der Waals surface area contributed by atoms with Crippen LogP contribution in [0.2, 0.25) is 5.02 Å². The van der Waals surface area contributed by atoms with Crippen molar-refractivity contribution < 1.29 is 19.1 Å². The molecule has 0 fully saturated rings. The number of halogens is 2. The average molecular weight is 517 g/mol. The number of anilines is 1. The predicted molar refractivity (Wildman–Crippen MR) is 128 cm³/mol. The van der Waals surface area contributed by atoms with Crippen molar-refractivity contribution in [3.63, 3.8) is 0 Å². The average Bonchev–Trinajstić information content (AvgIpc) is 2.79. The molecule has 0 bridgehead atoms. The largest absolute Gasteiger partial charge is 0.497 e. The standard InChI is InChI=1S/C23H19BrClN3O4/c1-31-20-9-7-19(8-10-20)27-22(29)14-32-21-11-4-17(24)12-16(21)13-26-28-23(30)15-2-5-18(25)6-3-15/h2-13H,14H2,1H3,(H,27,29)(H,28,30)/b26-13+. The van der Waals surface area contributed by atoms with Gasteiger partial charge in [-0.1, -0.05) is 27.5 Å². The van der Waals surface area contributed by atoms with Crippen LogP contribution in [-0.4, -0.2) is 31.7 Å². The number of ether oxygens (including phenoxy) is 2. The molecule has 3 aromatic carbocycles.